The van der Waals surface area contributed by atoms with Crippen molar-refractivity contribution in [3.05, 3.63) is 21.9 Å². The summed E-state index contributed by atoms with van der Waals surface area (Å²) < 4.78 is 0. The Labute approximate surface area is 131 Å². The second-order valence-electron chi connectivity index (χ2n) is 4.93. The minimum atomic E-state index is -0.0733. The van der Waals surface area contributed by atoms with Crippen molar-refractivity contribution < 1.29 is 9.90 Å². The van der Waals surface area contributed by atoms with E-state index in [1.54, 1.807) is 0 Å². The Morgan fingerprint density at radius 3 is 3.00 bits per heavy atom. The highest BCUT2D eigenvalue weighted by molar-refractivity contribution is 7.12. The summed E-state index contributed by atoms with van der Waals surface area (Å²) in [5.74, 6) is 5.71. The van der Waals surface area contributed by atoms with Crippen molar-refractivity contribution in [3.63, 3.8) is 0 Å². The van der Waals surface area contributed by atoms with Gasteiger partial charge in [-0.25, -0.2) is 0 Å². The Balaban J connectivity index is 2.50. The van der Waals surface area contributed by atoms with E-state index in [9.17, 15) is 4.79 Å². The molecule has 0 aliphatic rings. The zero-order chi connectivity index (χ0) is 15.7. The van der Waals surface area contributed by atoms with Gasteiger partial charge in [0.1, 0.15) is 4.88 Å². The molecule has 0 radical (unpaired) electrons. The van der Waals surface area contributed by atoms with E-state index in [1.807, 2.05) is 11.4 Å². The van der Waals surface area contributed by atoms with E-state index in [0.29, 0.717) is 23.9 Å². The second kappa shape index (κ2) is 9.56. The average Bonchev–Trinajstić information content (AvgIpc) is 2.95. The van der Waals surface area contributed by atoms with Crippen molar-refractivity contribution in [3.8, 4) is 11.8 Å². The van der Waals surface area contributed by atoms with E-state index in [0.717, 1.165) is 18.5 Å². The van der Waals surface area contributed by atoms with Gasteiger partial charge >= 0.3 is 0 Å². The lowest BCUT2D eigenvalue weighted by Crippen LogP contribution is -2.37. The first-order valence-electron chi connectivity index (χ1n) is 7.25. The highest BCUT2D eigenvalue weighted by atomic mass is 32.1. The summed E-state index contributed by atoms with van der Waals surface area (Å²) in [6.45, 7) is 5.83. The molecule has 0 aliphatic heterocycles. The summed E-state index contributed by atoms with van der Waals surface area (Å²) in [5.41, 5.74) is 0.737. The molecule has 0 spiro atoms. The molecule has 0 fully saturated rings. The minimum Gasteiger partial charge on any atom is -0.395 e. The fraction of sp³-hybridized carbons (Fsp3) is 0.562. The molecule has 0 bridgehead atoms. The van der Waals surface area contributed by atoms with Gasteiger partial charge in [0.05, 0.1) is 6.61 Å². The summed E-state index contributed by atoms with van der Waals surface area (Å²) in [6.07, 6.45) is 1.52. The molecule has 2 N–H and O–H groups in total. The predicted octanol–water partition coefficient (Wildman–Crippen LogP) is 1.94. The number of nitrogens with zero attached hydrogens (tertiary/aromatic N) is 1. The number of nitrogens with one attached hydrogen (secondary N) is 1. The molecule has 0 saturated carbocycles. The van der Waals surface area contributed by atoms with Crippen LogP contribution in [0.5, 0.6) is 0 Å². The summed E-state index contributed by atoms with van der Waals surface area (Å²) >= 11 is 1.39. The third-order valence-electron chi connectivity index (χ3n) is 3.42. The number of amides is 1. The standard InChI is InChI=1S/C16H24N2O2S/c1-4-13(2)18(3)10-9-17-16(20)15-14(8-12-21-15)7-5-6-11-19/h8,12-13,19H,4,6,9-11H2,1-3H3,(H,17,20). The van der Waals surface area contributed by atoms with Crippen LogP contribution in [-0.2, 0) is 0 Å². The first kappa shape index (κ1) is 17.7. The number of rotatable bonds is 7. The molecular formula is C16H24N2O2S. The van der Waals surface area contributed by atoms with E-state index >= 15 is 0 Å². The van der Waals surface area contributed by atoms with Crippen LogP contribution in [0.3, 0.4) is 0 Å². The third-order valence-corrected chi connectivity index (χ3v) is 4.34. The number of aliphatic hydroxyl groups is 1. The molecule has 21 heavy (non-hydrogen) atoms. The van der Waals surface area contributed by atoms with Gasteiger partial charge in [-0.1, -0.05) is 18.8 Å². The average molecular weight is 308 g/mol. The Morgan fingerprint density at radius 2 is 2.33 bits per heavy atom. The van der Waals surface area contributed by atoms with Crippen molar-refractivity contribution in [2.75, 3.05) is 26.7 Å². The number of carbonyl (C=O) groups is 1. The van der Waals surface area contributed by atoms with Crippen molar-refractivity contribution in [1.82, 2.24) is 10.2 Å². The molecule has 1 atom stereocenters. The zero-order valence-corrected chi connectivity index (χ0v) is 13.8. The van der Waals surface area contributed by atoms with E-state index in [2.05, 4.69) is 43.0 Å². The van der Waals surface area contributed by atoms with Gasteiger partial charge in [0.2, 0.25) is 0 Å². The van der Waals surface area contributed by atoms with Crippen LogP contribution < -0.4 is 5.32 Å². The topological polar surface area (TPSA) is 52.6 Å². The highest BCUT2D eigenvalue weighted by Crippen LogP contribution is 2.15. The molecule has 116 valence electrons. The maximum absolute atomic E-state index is 12.1. The summed E-state index contributed by atoms with van der Waals surface area (Å²) in [6, 6.07) is 2.36. The molecular weight excluding hydrogens is 284 g/mol. The lowest BCUT2D eigenvalue weighted by Gasteiger charge is -2.23. The molecule has 1 amide bonds. The molecule has 1 aromatic heterocycles. The molecule has 5 heteroatoms. The Morgan fingerprint density at radius 1 is 1.57 bits per heavy atom. The highest BCUT2D eigenvalue weighted by Gasteiger charge is 2.12. The first-order valence-corrected chi connectivity index (χ1v) is 8.13. The molecule has 1 unspecified atom stereocenters. The van der Waals surface area contributed by atoms with Gasteiger partial charge in [-0.2, -0.15) is 0 Å². The van der Waals surface area contributed by atoms with Crippen LogP contribution in [-0.4, -0.2) is 48.7 Å². The van der Waals surface area contributed by atoms with Crippen LogP contribution in [0.25, 0.3) is 0 Å². The van der Waals surface area contributed by atoms with Crippen molar-refractivity contribution in [2.24, 2.45) is 0 Å². The van der Waals surface area contributed by atoms with Crippen LogP contribution in [0.4, 0.5) is 0 Å². The second-order valence-corrected chi connectivity index (χ2v) is 5.85. The number of likely N-dealkylation sites (N-methyl/N-ethyl adjacent to an activating group) is 1. The minimum absolute atomic E-state index is 0.0423. The fourth-order valence-corrected chi connectivity index (χ4v) is 2.52. The molecule has 0 saturated heterocycles. The lowest BCUT2D eigenvalue weighted by atomic mass is 10.2. The predicted molar refractivity (Wildman–Crippen MR) is 87.6 cm³/mol. The van der Waals surface area contributed by atoms with Gasteiger partial charge in [-0.05, 0) is 31.8 Å². The first-order chi connectivity index (χ1) is 10.1. The molecule has 4 nitrogen and oxygen atoms in total. The lowest BCUT2D eigenvalue weighted by molar-refractivity contribution is 0.0951. The van der Waals surface area contributed by atoms with Gasteiger partial charge in [0.15, 0.2) is 0 Å². The van der Waals surface area contributed by atoms with Crippen LogP contribution in [0.2, 0.25) is 0 Å². The molecule has 1 aromatic rings. The quantitative estimate of drug-likeness (QED) is 0.757. The summed E-state index contributed by atoms with van der Waals surface area (Å²) in [7, 11) is 2.07. The number of aliphatic hydroxyl groups excluding tert-OH is 1. The summed E-state index contributed by atoms with van der Waals surface area (Å²) in [4.78, 5) is 15.0. The Bertz CT molecular complexity index is 502. The maximum Gasteiger partial charge on any atom is 0.262 e. The van der Waals surface area contributed by atoms with Gasteiger partial charge in [0.25, 0.3) is 5.91 Å². The van der Waals surface area contributed by atoms with Gasteiger partial charge < -0.3 is 15.3 Å². The Hall–Kier alpha value is -1.35. The van der Waals surface area contributed by atoms with Crippen LogP contribution >= 0.6 is 11.3 Å². The normalized spacial score (nSPS) is 11.9. The van der Waals surface area contributed by atoms with Crippen molar-refractivity contribution >= 4 is 17.2 Å². The number of thiophene rings is 1. The van der Waals surface area contributed by atoms with Gasteiger partial charge in [-0.15, -0.1) is 11.3 Å². The molecule has 1 heterocycles. The SMILES string of the molecule is CCC(C)N(C)CCNC(=O)c1sccc1C#CCCO. The third kappa shape index (κ3) is 5.88. The number of hydrogen-bond donors (Lipinski definition) is 2. The van der Waals surface area contributed by atoms with Gasteiger partial charge in [0, 0.05) is 31.1 Å². The van der Waals surface area contributed by atoms with Crippen LogP contribution in [0.1, 0.15) is 41.9 Å². The van der Waals surface area contributed by atoms with E-state index in [1.165, 1.54) is 11.3 Å². The Kier molecular flexibility index (Phi) is 8.06. The number of hydrogen-bond acceptors (Lipinski definition) is 4. The molecule has 0 aromatic carbocycles. The molecule has 1 rings (SSSR count). The monoisotopic (exact) mass is 308 g/mol. The van der Waals surface area contributed by atoms with E-state index in [-0.39, 0.29) is 12.5 Å². The molecule has 0 aliphatic carbocycles. The van der Waals surface area contributed by atoms with Crippen LogP contribution in [0.15, 0.2) is 11.4 Å². The smallest absolute Gasteiger partial charge is 0.262 e. The zero-order valence-electron chi connectivity index (χ0n) is 13.0. The van der Waals surface area contributed by atoms with Crippen molar-refractivity contribution in [2.45, 2.75) is 32.7 Å². The fourth-order valence-electron chi connectivity index (χ4n) is 1.76. The van der Waals surface area contributed by atoms with Gasteiger partial charge in [-0.3, -0.25) is 4.79 Å². The number of carbonyl (C=O) groups excluding carboxylic acids is 1. The maximum atomic E-state index is 12.1. The van der Waals surface area contributed by atoms with Crippen molar-refractivity contribution in [1.29, 1.82) is 0 Å². The van der Waals surface area contributed by atoms with E-state index < -0.39 is 0 Å². The van der Waals surface area contributed by atoms with Crippen LogP contribution in [0, 0.1) is 11.8 Å². The summed E-state index contributed by atoms with van der Waals surface area (Å²) in [5, 5.41) is 13.5. The largest absolute Gasteiger partial charge is 0.395 e. The van der Waals surface area contributed by atoms with E-state index in [4.69, 9.17) is 5.11 Å².